The van der Waals surface area contributed by atoms with Crippen molar-refractivity contribution >= 4 is 35.4 Å². The van der Waals surface area contributed by atoms with E-state index in [2.05, 4.69) is 15.5 Å². The number of aryl methyl sites for hydroxylation is 1. The van der Waals surface area contributed by atoms with Gasteiger partial charge in [-0.25, -0.2) is 9.48 Å². The first-order valence-corrected chi connectivity index (χ1v) is 7.99. The molecule has 9 nitrogen and oxygen atoms in total. The summed E-state index contributed by atoms with van der Waals surface area (Å²) in [5.41, 5.74) is 4.89. The Morgan fingerprint density at radius 1 is 1.71 bits per heavy atom. The van der Waals surface area contributed by atoms with E-state index in [0.29, 0.717) is 16.7 Å². The zero-order valence-electron chi connectivity index (χ0n) is 11.0. The highest BCUT2D eigenvalue weighted by molar-refractivity contribution is 8.01. The van der Waals surface area contributed by atoms with Crippen LogP contribution in [0.1, 0.15) is 0 Å². The van der Waals surface area contributed by atoms with E-state index >= 15 is 0 Å². The van der Waals surface area contributed by atoms with Gasteiger partial charge in [0.05, 0.1) is 0 Å². The van der Waals surface area contributed by atoms with Gasteiger partial charge in [-0.3, -0.25) is 4.79 Å². The Balaban J connectivity index is 1.68. The number of nitrogens with zero attached hydrogens (tertiary/aromatic N) is 5. The lowest BCUT2D eigenvalue weighted by molar-refractivity contribution is -0.164. The maximum atomic E-state index is 11.9. The summed E-state index contributed by atoms with van der Waals surface area (Å²) in [5, 5.41) is 20.4. The molecular formula is C10H12N6O3S2. The molecule has 0 saturated carbocycles. The molecule has 3 rings (SSSR count). The minimum atomic E-state index is -1.80. The Hall–Kier alpha value is -1.59. The Labute approximate surface area is 127 Å². The van der Waals surface area contributed by atoms with Crippen molar-refractivity contribution in [2.75, 3.05) is 11.5 Å². The lowest BCUT2D eigenvalue weighted by Gasteiger charge is -2.51. The second kappa shape index (κ2) is 5.00. The lowest BCUT2D eigenvalue weighted by atomic mass is 9.89. The molecule has 3 heterocycles. The molecule has 2 aliphatic rings. The Kier molecular flexibility index (Phi) is 3.42. The van der Waals surface area contributed by atoms with Gasteiger partial charge >= 0.3 is 5.97 Å². The number of tetrazole rings is 1. The molecule has 0 aliphatic carbocycles. The molecule has 1 fully saturated rings. The zero-order chi connectivity index (χ0) is 15.2. The van der Waals surface area contributed by atoms with Crippen LogP contribution < -0.4 is 5.73 Å². The average Bonchev–Trinajstić information content (AvgIpc) is 2.88. The number of amides is 1. The number of hydrogen-bond donors (Lipinski definition) is 2. The van der Waals surface area contributed by atoms with Crippen LogP contribution in [0.15, 0.2) is 16.9 Å². The van der Waals surface area contributed by atoms with Crippen LogP contribution in [-0.2, 0) is 16.6 Å². The van der Waals surface area contributed by atoms with E-state index in [9.17, 15) is 9.59 Å². The van der Waals surface area contributed by atoms with Gasteiger partial charge in [0.15, 0.2) is 0 Å². The highest BCUT2D eigenvalue weighted by Crippen LogP contribution is 2.42. The summed E-state index contributed by atoms with van der Waals surface area (Å²) in [4.78, 5) is 24.4. The summed E-state index contributed by atoms with van der Waals surface area (Å²) in [5.74, 6) is -0.603. The Bertz CT molecular complexity index is 646. The van der Waals surface area contributed by atoms with Crippen molar-refractivity contribution in [3.63, 3.8) is 0 Å². The van der Waals surface area contributed by atoms with Crippen molar-refractivity contribution < 1.29 is 14.7 Å². The number of carboxylic acid groups (broad SMARTS) is 1. The van der Waals surface area contributed by atoms with Gasteiger partial charge in [0.25, 0.3) is 5.91 Å². The van der Waals surface area contributed by atoms with Crippen LogP contribution >= 0.6 is 23.5 Å². The number of aliphatic carboxylic acids is 1. The molecule has 1 aromatic rings. The third-order valence-corrected chi connectivity index (χ3v) is 5.87. The van der Waals surface area contributed by atoms with Crippen LogP contribution in [0.5, 0.6) is 0 Å². The maximum absolute atomic E-state index is 11.9. The fraction of sp³-hybridized carbons (Fsp3) is 0.500. The predicted octanol–water partition coefficient (Wildman–Crippen LogP) is -1.12. The SMILES string of the molecule is Cn1nnnc1SCC1=CN2C(=O)[C@](N)(C(=O)O)[C@@H]2SC1. The molecule has 21 heavy (non-hydrogen) atoms. The van der Waals surface area contributed by atoms with Crippen LogP contribution in [-0.4, -0.2) is 64.5 Å². The van der Waals surface area contributed by atoms with E-state index in [1.807, 2.05) is 0 Å². The van der Waals surface area contributed by atoms with E-state index in [1.54, 1.807) is 17.9 Å². The standard InChI is InChI=1S/C10H12N6O3S2/c1-15-9(12-13-14-15)21-4-5-2-16-6(17)10(11,8(18)19)7(16)20-3-5/h2,7H,3-4,11H2,1H3,(H,18,19)/t7-,10+/m0/s1. The highest BCUT2D eigenvalue weighted by atomic mass is 32.2. The first-order chi connectivity index (χ1) is 9.94. The molecule has 3 N–H and O–H groups in total. The normalized spacial score (nSPS) is 27.9. The second-order valence-corrected chi connectivity index (χ2v) is 6.72. The number of aromatic nitrogens is 4. The summed E-state index contributed by atoms with van der Waals surface area (Å²) in [6.45, 7) is 0. The van der Waals surface area contributed by atoms with Crippen LogP contribution in [0.2, 0.25) is 0 Å². The largest absolute Gasteiger partial charge is 0.479 e. The smallest absolute Gasteiger partial charge is 0.336 e. The van der Waals surface area contributed by atoms with Crippen molar-refractivity contribution in [3.05, 3.63) is 11.8 Å². The molecule has 0 bridgehead atoms. The molecule has 1 saturated heterocycles. The summed E-state index contributed by atoms with van der Waals surface area (Å²) >= 11 is 2.82. The average molecular weight is 328 g/mol. The van der Waals surface area contributed by atoms with Crippen molar-refractivity contribution in [1.82, 2.24) is 25.1 Å². The van der Waals surface area contributed by atoms with Gasteiger partial charge in [0.1, 0.15) is 5.37 Å². The summed E-state index contributed by atoms with van der Waals surface area (Å²) in [6.07, 6.45) is 1.69. The molecule has 2 aliphatic heterocycles. The molecule has 0 aromatic carbocycles. The number of nitrogens with two attached hydrogens (primary N) is 1. The lowest BCUT2D eigenvalue weighted by Crippen LogP contribution is -2.79. The van der Waals surface area contributed by atoms with Gasteiger partial charge in [-0.1, -0.05) is 11.8 Å². The number of thioether (sulfide) groups is 2. The number of carbonyl (C=O) groups is 2. The zero-order valence-corrected chi connectivity index (χ0v) is 12.6. The van der Waals surface area contributed by atoms with Gasteiger partial charge in [0, 0.05) is 24.8 Å². The monoisotopic (exact) mass is 328 g/mol. The summed E-state index contributed by atoms with van der Waals surface area (Å²) in [7, 11) is 1.75. The van der Waals surface area contributed by atoms with Crippen molar-refractivity contribution in [2.24, 2.45) is 12.8 Å². The third kappa shape index (κ3) is 2.12. The summed E-state index contributed by atoms with van der Waals surface area (Å²) in [6, 6.07) is 0. The number of β-lactam (4-membered cyclic amide) rings is 1. The molecule has 112 valence electrons. The number of carbonyl (C=O) groups excluding carboxylic acids is 1. The summed E-state index contributed by atoms with van der Waals surface area (Å²) < 4.78 is 1.56. The fourth-order valence-corrected chi connectivity index (χ4v) is 4.38. The van der Waals surface area contributed by atoms with Crippen LogP contribution in [0.4, 0.5) is 0 Å². The van der Waals surface area contributed by atoms with Crippen LogP contribution in [0.3, 0.4) is 0 Å². The molecule has 1 aromatic heterocycles. The van der Waals surface area contributed by atoms with Crippen molar-refractivity contribution in [2.45, 2.75) is 16.1 Å². The first-order valence-electron chi connectivity index (χ1n) is 5.96. The molecule has 0 unspecified atom stereocenters. The Morgan fingerprint density at radius 3 is 3.10 bits per heavy atom. The van der Waals surface area contributed by atoms with Gasteiger partial charge in [-0.15, -0.1) is 16.9 Å². The molecule has 11 heteroatoms. The molecule has 2 atom stereocenters. The number of carboxylic acids is 1. The van der Waals surface area contributed by atoms with E-state index in [1.165, 1.54) is 28.4 Å². The maximum Gasteiger partial charge on any atom is 0.336 e. The van der Waals surface area contributed by atoms with E-state index in [4.69, 9.17) is 10.8 Å². The topological polar surface area (TPSA) is 127 Å². The van der Waals surface area contributed by atoms with Crippen LogP contribution in [0.25, 0.3) is 0 Å². The van der Waals surface area contributed by atoms with Crippen LogP contribution in [0, 0.1) is 0 Å². The van der Waals surface area contributed by atoms with Gasteiger partial charge in [-0.05, 0) is 16.0 Å². The number of fused-ring (bicyclic) bond motifs is 1. The Morgan fingerprint density at radius 2 is 2.48 bits per heavy atom. The minimum Gasteiger partial charge on any atom is -0.479 e. The minimum absolute atomic E-state index is 0.534. The van der Waals surface area contributed by atoms with E-state index < -0.39 is 22.8 Å². The second-order valence-electron chi connectivity index (χ2n) is 4.71. The van der Waals surface area contributed by atoms with Gasteiger partial charge < -0.3 is 15.7 Å². The number of hydrogen-bond acceptors (Lipinski definition) is 8. The highest BCUT2D eigenvalue weighted by Gasteiger charge is 2.64. The predicted molar refractivity (Wildman–Crippen MR) is 75.3 cm³/mol. The fourth-order valence-electron chi connectivity index (χ4n) is 2.11. The molecular weight excluding hydrogens is 316 g/mol. The molecule has 0 radical (unpaired) electrons. The molecule has 0 spiro atoms. The van der Waals surface area contributed by atoms with Gasteiger partial charge in [-0.2, -0.15) is 0 Å². The van der Waals surface area contributed by atoms with Crippen molar-refractivity contribution in [3.8, 4) is 0 Å². The van der Waals surface area contributed by atoms with E-state index in [0.717, 1.165) is 5.57 Å². The number of rotatable bonds is 4. The molecule has 1 amide bonds. The van der Waals surface area contributed by atoms with E-state index in [-0.39, 0.29) is 0 Å². The quantitative estimate of drug-likeness (QED) is 0.401. The van der Waals surface area contributed by atoms with Crippen molar-refractivity contribution in [1.29, 1.82) is 0 Å². The van der Waals surface area contributed by atoms with Gasteiger partial charge in [0.2, 0.25) is 10.7 Å². The first kappa shape index (κ1) is 14.4. The third-order valence-electron chi connectivity index (χ3n) is 3.30.